The molecule has 5 heteroatoms. The number of nitrogens with one attached hydrogen (secondary N) is 1. The van der Waals surface area contributed by atoms with E-state index in [1.165, 1.54) is 0 Å². The molecular weight excluding hydrogens is 246 g/mol. The van der Waals surface area contributed by atoms with Gasteiger partial charge in [0.05, 0.1) is 7.11 Å². The predicted octanol–water partition coefficient (Wildman–Crippen LogP) is 3.51. The van der Waals surface area contributed by atoms with Gasteiger partial charge in [-0.3, -0.25) is 9.67 Å². The van der Waals surface area contributed by atoms with Crippen molar-refractivity contribution in [1.29, 1.82) is 0 Å². The molecule has 0 fully saturated rings. The van der Waals surface area contributed by atoms with Crippen LogP contribution in [-0.4, -0.2) is 21.9 Å². The highest BCUT2D eigenvalue weighted by atomic mass is 32.1. The Morgan fingerprint density at radius 3 is 2.72 bits per heavy atom. The lowest BCUT2D eigenvalue weighted by Crippen LogP contribution is -2.03. The summed E-state index contributed by atoms with van der Waals surface area (Å²) < 4.78 is 7.98. The van der Waals surface area contributed by atoms with Gasteiger partial charge >= 0.3 is 0 Å². The summed E-state index contributed by atoms with van der Waals surface area (Å²) in [7, 11) is 1.67. The number of benzene rings is 1. The van der Waals surface area contributed by atoms with E-state index in [0.29, 0.717) is 4.77 Å². The average molecular weight is 263 g/mol. The fourth-order valence-electron chi connectivity index (χ4n) is 1.95. The Morgan fingerprint density at radius 2 is 2.11 bits per heavy atom. The molecule has 1 aromatic heterocycles. The molecule has 2 rings (SSSR count). The van der Waals surface area contributed by atoms with Crippen LogP contribution in [0, 0.1) is 11.7 Å². The number of methoxy groups -OCH3 is 1. The molecule has 0 atom stereocenters. The summed E-state index contributed by atoms with van der Waals surface area (Å²) in [4.78, 5) is 0. The van der Waals surface area contributed by atoms with Crippen LogP contribution in [0.4, 0.5) is 0 Å². The third kappa shape index (κ3) is 2.18. The zero-order valence-electron chi connectivity index (χ0n) is 11.0. The smallest absolute Gasteiger partial charge is 0.195 e. The number of hydrogen-bond acceptors (Lipinski definition) is 3. The Balaban J connectivity index is 2.59. The van der Waals surface area contributed by atoms with Crippen LogP contribution in [0.2, 0.25) is 0 Å². The van der Waals surface area contributed by atoms with Crippen LogP contribution in [0.5, 0.6) is 5.75 Å². The van der Waals surface area contributed by atoms with Crippen molar-refractivity contribution in [2.24, 2.45) is 0 Å². The molecule has 0 spiro atoms. The summed E-state index contributed by atoms with van der Waals surface area (Å²) in [6.45, 7) is 6.18. The van der Waals surface area contributed by atoms with Crippen LogP contribution in [0.25, 0.3) is 11.4 Å². The molecule has 0 radical (unpaired) electrons. The largest absolute Gasteiger partial charge is 0.496 e. The van der Waals surface area contributed by atoms with Gasteiger partial charge < -0.3 is 4.74 Å². The molecule has 0 aliphatic carbocycles. The summed E-state index contributed by atoms with van der Waals surface area (Å²) in [5.74, 6) is 1.70. The summed E-state index contributed by atoms with van der Waals surface area (Å²) >= 11 is 5.25. The molecule has 4 nitrogen and oxygen atoms in total. The second-order valence-corrected chi connectivity index (χ2v) is 4.89. The monoisotopic (exact) mass is 263 g/mol. The van der Waals surface area contributed by atoms with E-state index in [2.05, 4.69) is 24.0 Å². The van der Waals surface area contributed by atoms with Crippen molar-refractivity contribution in [3.8, 4) is 17.1 Å². The molecular formula is C13H17N3OS. The maximum atomic E-state index is 5.34. The molecule has 0 unspecified atom stereocenters. The summed E-state index contributed by atoms with van der Waals surface area (Å²) in [5, 5.41) is 7.15. The maximum absolute atomic E-state index is 5.34. The first kappa shape index (κ1) is 12.8. The van der Waals surface area contributed by atoms with Crippen molar-refractivity contribution in [2.45, 2.75) is 26.8 Å². The molecule has 0 saturated carbocycles. The van der Waals surface area contributed by atoms with E-state index in [1.807, 2.05) is 29.7 Å². The number of aromatic nitrogens is 3. The number of rotatable bonds is 3. The number of nitrogens with zero attached hydrogens (tertiary/aromatic N) is 2. The highest BCUT2D eigenvalue weighted by Crippen LogP contribution is 2.27. The van der Waals surface area contributed by atoms with Gasteiger partial charge in [-0.25, -0.2) is 0 Å². The Hall–Kier alpha value is -1.62. The predicted molar refractivity (Wildman–Crippen MR) is 74.5 cm³/mol. The normalized spacial score (nSPS) is 10.9. The topological polar surface area (TPSA) is 42.8 Å². The van der Waals surface area contributed by atoms with Gasteiger partial charge in [-0.2, -0.15) is 5.10 Å². The Morgan fingerprint density at radius 1 is 1.39 bits per heavy atom. The second-order valence-electron chi connectivity index (χ2n) is 4.50. The third-order valence-corrected chi connectivity index (χ3v) is 3.18. The van der Waals surface area contributed by atoms with E-state index in [4.69, 9.17) is 17.0 Å². The zero-order valence-corrected chi connectivity index (χ0v) is 11.8. The van der Waals surface area contributed by atoms with Crippen molar-refractivity contribution in [3.63, 3.8) is 0 Å². The van der Waals surface area contributed by atoms with Gasteiger partial charge in [0.2, 0.25) is 0 Å². The van der Waals surface area contributed by atoms with E-state index in [0.717, 1.165) is 22.7 Å². The summed E-state index contributed by atoms with van der Waals surface area (Å²) in [6.07, 6.45) is 0. The standard InChI is InChI=1S/C13H17N3OS/c1-8(2)16-12(14-15-13(16)18)10-6-5-9(3)11(7-10)17-4/h5-8H,1-4H3,(H,15,18). The van der Waals surface area contributed by atoms with Crippen molar-refractivity contribution < 1.29 is 4.74 Å². The number of ether oxygens (including phenoxy) is 1. The Kier molecular flexibility index (Phi) is 3.52. The van der Waals surface area contributed by atoms with Crippen molar-refractivity contribution in [3.05, 3.63) is 28.5 Å². The van der Waals surface area contributed by atoms with Gasteiger partial charge in [0.1, 0.15) is 5.75 Å². The van der Waals surface area contributed by atoms with Gasteiger partial charge in [0.15, 0.2) is 10.6 Å². The van der Waals surface area contributed by atoms with Crippen molar-refractivity contribution in [1.82, 2.24) is 14.8 Å². The number of H-pyrrole nitrogens is 1. The van der Waals surface area contributed by atoms with E-state index in [-0.39, 0.29) is 6.04 Å². The zero-order chi connectivity index (χ0) is 13.3. The third-order valence-electron chi connectivity index (χ3n) is 2.89. The van der Waals surface area contributed by atoms with E-state index >= 15 is 0 Å². The fraction of sp³-hybridized carbons (Fsp3) is 0.385. The molecule has 1 N–H and O–H groups in total. The SMILES string of the molecule is COc1cc(-c2n[nH]c(=S)n2C(C)C)ccc1C. The van der Waals surface area contributed by atoms with E-state index in [1.54, 1.807) is 7.11 Å². The minimum Gasteiger partial charge on any atom is -0.496 e. The molecule has 0 aliphatic heterocycles. The van der Waals surface area contributed by atoms with Gasteiger partial charge in [-0.05, 0) is 44.6 Å². The molecule has 0 amide bonds. The number of hydrogen-bond donors (Lipinski definition) is 1. The lowest BCUT2D eigenvalue weighted by molar-refractivity contribution is 0.412. The van der Waals surface area contributed by atoms with Gasteiger partial charge in [-0.15, -0.1) is 0 Å². The highest BCUT2D eigenvalue weighted by molar-refractivity contribution is 7.71. The molecule has 18 heavy (non-hydrogen) atoms. The first-order valence-electron chi connectivity index (χ1n) is 5.86. The molecule has 0 bridgehead atoms. The second kappa shape index (κ2) is 4.94. The summed E-state index contributed by atoms with van der Waals surface area (Å²) in [5.41, 5.74) is 2.10. The highest BCUT2D eigenvalue weighted by Gasteiger charge is 2.12. The lowest BCUT2D eigenvalue weighted by atomic mass is 10.1. The van der Waals surface area contributed by atoms with Crippen LogP contribution in [-0.2, 0) is 0 Å². The van der Waals surface area contributed by atoms with Crippen LogP contribution >= 0.6 is 12.2 Å². The minimum atomic E-state index is 0.263. The van der Waals surface area contributed by atoms with Gasteiger partial charge in [0.25, 0.3) is 0 Å². The lowest BCUT2D eigenvalue weighted by Gasteiger charge is -2.12. The van der Waals surface area contributed by atoms with Crippen molar-refractivity contribution >= 4 is 12.2 Å². The Labute approximate surface area is 112 Å². The fourth-order valence-corrected chi connectivity index (χ4v) is 2.29. The maximum Gasteiger partial charge on any atom is 0.195 e. The van der Waals surface area contributed by atoms with Gasteiger partial charge in [-0.1, -0.05) is 12.1 Å². The van der Waals surface area contributed by atoms with E-state index in [9.17, 15) is 0 Å². The molecule has 0 aliphatic rings. The minimum absolute atomic E-state index is 0.263. The average Bonchev–Trinajstić information content (AvgIpc) is 2.72. The molecule has 0 saturated heterocycles. The number of aromatic amines is 1. The molecule has 1 heterocycles. The number of aryl methyl sites for hydroxylation is 1. The van der Waals surface area contributed by atoms with Crippen LogP contribution in [0.3, 0.4) is 0 Å². The quantitative estimate of drug-likeness (QED) is 0.862. The van der Waals surface area contributed by atoms with Crippen molar-refractivity contribution in [2.75, 3.05) is 7.11 Å². The molecule has 96 valence electrons. The Bertz CT molecular complexity index is 613. The van der Waals surface area contributed by atoms with E-state index < -0.39 is 0 Å². The van der Waals surface area contributed by atoms with Crippen LogP contribution < -0.4 is 4.74 Å². The first-order chi connectivity index (χ1) is 8.54. The summed E-state index contributed by atoms with van der Waals surface area (Å²) in [6, 6.07) is 6.30. The molecule has 2 aromatic rings. The van der Waals surface area contributed by atoms with Crippen LogP contribution in [0.1, 0.15) is 25.5 Å². The first-order valence-corrected chi connectivity index (χ1v) is 6.27. The molecule has 1 aromatic carbocycles. The van der Waals surface area contributed by atoms with Crippen LogP contribution in [0.15, 0.2) is 18.2 Å². The van der Waals surface area contributed by atoms with Gasteiger partial charge in [0, 0.05) is 11.6 Å².